The summed E-state index contributed by atoms with van der Waals surface area (Å²) in [7, 11) is 0. The number of aryl methyl sites for hydroxylation is 1. The maximum atomic E-state index is 11.0. The van der Waals surface area contributed by atoms with Gasteiger partial charge in [-0.25, -0.2) is 14.3 Å². The van der Waals surface area contributed by atoms with Gasteiger partial charge in [-0.15, -0.1) is 5.10 Å². The molecule has 0 radical (unpaired) electrons. The number of carboxylic acids is 1. The van der Waals surface area contributed by atoms with E-state index in [0.717, 1.165) is 11.3 Å². The number of fused-ring (bicyclic) bond motifs is 1. The monoisotopic (exact) mass is 253 g/mol. The minimum atomic E-state index is -0.957. The Morgan fingerprint density at radius 3 is 2.74 bits per heavy atom. The van der Waals surface area contributed by atoms with Crippen molar-refractivity contribution in [2.75, 3.05) is 0 Å². The number of benzene rings is 1. The van der Waals surface area contributed by atoms with Crippen LogP contribution in [0.1, 0.15) is 16.1 Å². The van der Waals surface area contributed by atoms with Crippen LogP contribution in [0.5, 0.6) is 0 Å². The highest BCUT2D eigenvalue weighted by molar-refractivity contribution is 5.89. The van der Waals surface area contributed by atoms with E-state index in [9.17, 15) is 4.79 Å². The number of pyridine rings is 1. The number of carboxylic acid groups (broad SMARTS) is 1. The van der Waals surface area contributed by atoms with Crippen molar-refractivity contribution in [2.24, 2.45) is 0 Å². The molecule has 5 heteroatoms. The summed E-state index contributed by atoms with van der Waals surface area (Å²) >= 11 is 0. The lowest BCUT2D eigenvalue weighted by Gasteiger charge is -1.97. The number of hydrogen-bond donors (Lipinski definition) is 1. The molecule has 1 N–H and O–H groups in total. The zero-order valence-electron chi connectivity index (χ0n) is 10.2. The van der Waals surface area contributed by atoms with Gasteiger partial charge in [0.05, 0.1) is 5.56 Å². The fourth-order valence-electron chi connectivity index (χ4n) is 1.95. The lowest BCUT2D eigenvalue weighted by molar-refractivity contribution is 0.0697. The number of hydrogen-bond acceptors (Lipinski definition) is 3. The summed E-state index contributed by atoms with van der Waals surface area (Å²) in [4.78, 5) is 15.4. The largest absolute Gasteiger partial charge is 0.478 e. The van der Waals surface area contributed by atoms with Crippen molar-refractivity contribution < 1.29 is 9.90 Å². The van der Waals surface area contributed by atoms with Crippen LogP contribution in [0.4, 0.5) is 0 Å². The van der Waals surface area contributed by atoms with Crippen molar-refractivity contribution in [1.29, 1.82) is 0 Å². The Kier molecular flexibility index (Phi) is 2.52. The molecule has 0 saturated carbocycles. The number of aromatic nitrogens is 3. The summed E-state index contributed by atoms with van der Waals surface area (Å²) in [5.74, 6) is -0.431. The molecule has 94 valence electrons. The Morgan fingerprint density at radius 2 is 2.00 bits per heavy atom. The van der Waals surface area contributed by atoms with E-state index in [1.807, 2.05) is 25.1 Å². The van der Waals surface area contributed by atoms with Crippen molar-refractivity contribution >= 4 is 11.6 Å². The lowest BCUT2D eigenvalue weighted by Crippen LogP contribution is -1.96. The zero-order valence-corrected chi connectivity index (χ0v) is 10.2. The Balaban J connectivity index is 2.16. The first kappa shape index (κ1) is 11.4. The number of rotatable bonds is 2. The van der Waals surface area contributed by atoms with E-state index in [2.05, 4.69) is 10.1 Å². The van der Waals surface area contributed by atoms with Gasteiger partial charge in [0.2, 0.25) is 0 Å². The third kappa shape index (κ3) is 1.95. The summed E-state index contributed by atoms with van der Waals surface area (Å²) in [6.07, 6.45) is 0. The molecule has 0 saturated heterocycles. The molecule has 0 fully saturated rings. The van der Waals surface area contributed by atoms with Crippen LogP contribution in [0.25, 0.3) is 17.0 Å². The van der Waals surface area contributed by atoms with Gasteiger partial charge in [-0.05, 0) is 31.2 Å². The normalized spacial score (nSPS) is 10.8. The Labute approximate surface area is 109 Å². The molecule has 1 aromatic carbocycles. The maximum Gasteiger partial charge on any atom is 0.335 e. The molecule has 0 spiro atoms. The van der Waals surface area contributed by atoms with Crippen LogP contribution >= 0.6 is 0 Å². The molecule has 0 aliphatic rings. The second-order valence-electron chi connectivity index (χ2n) is 4.26. The lowest BCUT2D eigenvalue weighted by atomic mass is 10.1. The third-order valence-electron chi connectivity index (χ3n) is 2.92. The second-order valence-corrected chi connectivity index (χ2v) is 4.26. The molecule has 5 nitrogen and oxygen atoms in total. The Hall–Kier alpha value is -2.69. The minimum absolute atomic E-state index is 0.230. The van der Waals surface area contributed by atoms with Crippen molar-refractivity contribution in [3.63, 3.8) is 0 Å². The molecule has 0 bridgehead atoms. The molecule has 0 atom stereocenters. The second kappa shape index (κ2) is 4.20. The topological polar surface area (TPSA) is 67.5 Å². The smallest absolute Gasteiger partial charge is 0.335 e. The van der Waals surface area contributed by atoms with Crippen molar-refractivity contribution in [3.05, 3.63) is 53.7 Å². The molecule has 2 heterocycles. The molecule has 0 amide bonds. The highest BCUT2D eigenvalue weighted by Crippen LogP contribution is 2.18. The molecular formula is C14H11N3O2. The fraction of sp³-hybridized carbons (Fsp3) is 0.0714. The third-order valence-corrected chi connectivity index (χ3v) is 2.92. The summed E-state index contributed by atoms with van der Waals surface area (Å²) in [6.45, 7) is 1.94. The predicted molar refractivity (Wildman–Crippen MR) is 70.1 cm³/mol. The maximum absolute atomic E-state index is 11.0. The van der Waals surface area contributed by atoms with Gasteiger partial charge in [-0.2, -0.15) is 0 Å². The van der Waals surface area contributed by atoms with E-state index in [4.69, 9.17) is 5.11 Å². The van der Waals surface area contributed by atoms with Crippen LogP contribution in [0.2, 0.25) is 0 Å². The molecule has 3 aromatic rings. The van der Waals surface area contributed by atoms with E-state index >= 15 is 0 Å². The standard InChI is InChI=1S/C14H11N3O2/c1-9-4-2-7-12-15-13(16-17(9)12)10-5-3-6-11(8-10)14(18)19/h2-8H,1H3,(H,18,19). The average Bonchev–Trinajstić information content (AvgIpc) is 2.84. The van der Waals surface area contributed by atoms with Gasteiger partial charge in [-0.3, -0.25) is 0 Å². The predicted octanol–water partition coefficient (Wildman–Crippen LogP) is 2.40. The molecule has 0 aliphatic carbocycles. The van der Waals surface area contributed by atoms with E-state index in [1.54, 1.807) is 28.8 Å². The number of aromatic carboxylic acids is 1. The van der Waals surface area contributed by atoms with E-state index in [0.29, 0.717) is 11.4 Å². The van der Waals surface area contributed by atoms with Gasteiger partial charge in [0.1, 0.15) is 0 Å². The molecule has 2 aromatic heterocycles. The van der Waals surface area contributed by atoms with Gasteiger partial charge >= 0.3 is 5.97 Å². The first-order chi connectivity index (χ1) is 9.15. The number of carbonyl (C=O) groups is 1. The summed E-state index contributed by atoms with van der Waals surface area (Å²) in [5, 5.41) is 13.4. The number of nitrogens with zero attached hydrogens (tertiary/aromatic N) is 3. The highest BCUT2D eigenvalue weighted by Gasteiger charge is 2.10. The van der Waals surface area contributed by atoms with Gasteiger partial charge < -0.3 is 5.11 Å². The first-order valence-corrected chi connectivity index (χ1v) is 5.81. The van der Waals surface area contributed by atoms with Crippen LogP contribution in [0.3, 0.4) is 0 Å². The van der Waals surface area contributed by atoms with Crippen molar-refractivity contribution in [3.8, 4) is 11.4 Å². The molecule has 3 rings (SSSR count). The first-order valence-electron chi connectivity index (χ1n) is 5.81. The summed E-state index contributed by atoms with van der Waals surface area (Å²) in [6, 6.07) is 12.3. The molecule has 19 heavy (non-hydrogen) atoms. The Bertz CT molecular complexity index is 777. The van der Waals surface area contributed by atoms with Crippen LogP contribution in [-0.4, -0.2) is 25.7 Å². The van der Waals surface area contributed by atoms with E-state index in [-0.39, 0.29) is 5.56 Å². The van der Waals surface area contributed by atoms with E-state index < -0.39 is 5.97 Å². The van der Waals surface area contributed by atoms with Gasteiger partial charge in [-0.1, -0.05) is 18.2 Å². The van der Waals surface area contributed by atoms with Gasteiger partial charge in [0.25, 0.3) is 0 Å². The highest BCUT2D eigenvalue weighted by atomic mass is 16.4. The molecular weight excluding hydrogens is 242 g/mol. The minimum Gasteiger partial charge on any atom is -0.478 e. The fourth-order valence-corrected chi connectivity index (χ4v) is 1.95. The average molecular weight is 253 g/mol. The van der Waals surface area contributed by atoms with Crippen molar-refractivity contribution in [2.45, 2.75) is 6.92 Å². The van der Waals surface area contributed by atoms with Crippen LogP contribution < -0.4 is 0 Å². The quantitative estimate of drug-likeness (QED) is 0.761. The molecule has 0 aliphatic heterocycles. The summed E-state index contributed by atoms with van der Waals surface area (Å²) < 4.78 is 1.74. The molecule has 0 unspecified atom stereocenters. The van der Waals surface area contributed by atoms with Gasteiger partial charge in [0, 0.05) is 11.3 Å². The van der Waals surface area contributed by atoms with Crippen LogP contribution in [0.15, 0.2) is 42.5 Å². The zero-order chi connectivity index (χ0) is 13.4. The van der Waals surface area contributed by atoms with E-state index in [1.165, 1.54) is 0 Å². The van der Waals surface area contributed by atoms with Crippen molar-refractivity contribution in [1.82, 2.24) is 14.6 Å². The van der Waals surface area contributed by atoms with Crippen LogP contribution in [0, 0.1) is 6.92 Å². The SMILES string of the molecule is Cc1cccc2nc(-c3cccc(C(=O)O)c3)nn12. The van der Waals surface area contributed by atoms with Crippen LogP contribution in [-0.2, 0) is 0 Å². The van der Waals surface area contributed by atoms with Gasteiger partial charge in [0.15, 0.2) is 11.5 Å². The summed E-state index contributed by atoms with van der Waals surface area (Å²) in [5.41, 5.74) is 2.65. The Morgan fingerprint density at radius 1 is 1.21 bits per heavy atom.